The summed E-state index contributed by atoms with van der Waals surface area (Å²) in [4.78, 5) is 0. The lowest BCUT2D eigenvalue weighted by Gasteiger charge is -2.11. The Labute approximate surface area is 117 Å². The predicted molar refractivity (Wildman–Crippen MR) is 78.9 cm³/mol. The Balaban J connectivity index is 2.43. The molecule has 0 atom stereocenters. The topological polar surface area (TPSA) is 72.0 Å². The van der Waals surface area contributed by atoms with Gasteiger partial charge in [-0.3, -0.25) is 5.43 Å². The molecular weight excluding hydrogens is 248 g/mol. The van der Waals surface area contributed by atoms with Crippen molar-refractivity contribution < 1.29 is 0 Å². The third-order valence-electron chi connectivity index (χ3n) is 2.86. The van der Waals surface area contributed by atoms with Crippen LogP contribution in [0.25, 0.3) is 11.1 Å². The molecule has 2 rings (SSSR count). The normalized spacial score (nSPS) is 9.15. The highest BCUT2D eigenvalue weighted by Crippen LogP contribution is 2.30. The number of benzene rings is 2. The summed E-state index contributed by atoms with van der Waals surface area (Å²) in [6.07, 6.45) is 0. The second-order valence-corrected chi connectivity index (χ2v) is 4.16. The van der Waals surface area contributed by atoms with Crippen LogP contribution in [-0.4, -0.2) is 5.71 Å². The van der Waals surface area contributed by atoms with Crippen molar-refractivity contribution in [1.82, 2.24) is 0 Å². The Morgan fingerprint density at radius 2 is 1.55 bits per heavy atom. The quantitative estimate of drug-likeness (QED) is 0.678. The smallest absolute Gasteiger partial charge is 0.237 e. The van der Waals surface area contributed by atoms with Gasteiger partial charge in [-0.1, -0.05) is 42.5 Å². The first-order chi connectivity index (χ1) is 9.76. The molecule has 2 aromatic carbocycles. The molecule has 0 bridgehead atoms. The molecule has 0 radical (unpaired) electrons. The van der Waals surface area contributed by atoms with Crippen LogP contribution < -0.4 is 5.43 Å². The minimum absolute atomic E-state index is 0.204. The predicted octanol–water partition coefficient (Wildman–Crippen LogP) is 3.48. The number of anilines is 1. The molecule has 0 aliphatic rings. The van der Waals surface area contributed by atoms with Crippen LogP contribution in [0, 0.1) is 29.6 Å². The lowest BCUT2D eigenvalue weighted by atomic mass is 9.99. The first kappa shape index (κ1) is 13.3. The molecule has 0 spiro atoms. The highest BCUT2D eigenvalue weighted by atomic mass is 15.3. The van der Waals surface area contributed by atoms with Crippen LogP contribution >= 0.6 is 0 Å². The summed E-state index contributed by atoms with van der Waals surface area (Å²) in [5.41, 5.74) is 6.54. The molecule has 0 aliphatic carbocycles. The fourth-order valence-electron chi connectivity index (χ4n) is 1.88. The van der Waals surface area contributed by atoms with Crippen molar-refractivity contribution in [1.29, 1.82) is 10.5 Å². The molecule has 1 N–H and O–H groups in total. The molecule has 20 heavy (non-hydrogen) atoms. The second kappa shape index (κ2) is 6.17. The Hall–Kier alpha value is -3.11. The summed E-state index contributed by atoms with van der Waals surface area (Å²) in [5.74, 6) is 0. The van der Waals surface area contributed by atoms with Crippen LogP contribution in [0.3, 0.4) is 0 Å². The van der Waals surface area contributed by atoms with Crippen LogP contribution in [-0.2, 0) is 0 Å². The number of rotatable bonds is 3. The van der Waals surface area contributed by atoms with Crippen molar-refractivity contribution in [3.8, 4) is 23.3 Å². The van der Waals surface area contributed by atoms with E-state index in [1.165, 1.54) is 0 Å². The molecule has 4 nitrogen and oxygen atoms in total. The zero-order valence-electron chi connectivity index (χ0n) is 11.0. The maximum atomic E-state index is 8.69. The van der Waals surface area contributed by atoms with Gasteiger partial charge in [-0.25, -0.2) is 0 Å². The molecule has 0 aliphatic heterocycles. The number of hydrogen-bond donors (Lipinski definition) is 1. The van der Waals surface area contributed by atoms with Crippen molar-refractivity contribution in [2.45, 2.75) is 6.92 Å². The van der Waals surface area contributed by atoms with E-state index >= 15 is 0 Å². The summed E-state index contributed by atoms with van der Waals surface area (Å²) in [7, 11) is 0. The van der Waals surface area contributed by atoms with Gasteiger partial charge in [0.15, 0.2) is 0 Å². The van der Waals surface area contributed by atoms with Gasteiger partial charge in [0.2, 0.25) is 5.71 Å². The van der Waals surface area contributed by atoms with Crippen LogP contribution in [0.4, 0.5) is 5.69 Å². The lowest BCUT2D eigenvalue weighted by Crippen LogP contribution is -1.98. The average molecular weight is 260 g/mol. The summed E-state index contributed by atoms with van der Waals surface area (Å²) in [6.45, 7) is 2.03. The van der Waals surface area contributed by atoms with Crippen LogP contribution in [0.5, 0.6) is 0 Å². The van der Waals surface area contributed by atoms with E-state index in [-0.39, 0.29) is 5.71 Å². The van der Waals surface area contributed by atoms with Crippen molar-refractivity contribution in [2.75, 3.05) is 5.43 Å². The summed E-state index contributed by atoms with van der Waals surface area (Å²) in [6, 6.07) is 19.1. The van der Waals surface area contributed by atoms with Crippen LogP contribution in [0.15, 0.2) is 53.6 Å². The van der Waals surface area contributed by atoms with E-state index in [1.807, 2.05) is 55.5 Å². The van der Waals surface area contributed by atoms with E-state index < -0.39 is 0 Å². The summed E-state index contributed by atoms with van der Waals surface area (Å²) < 4.78 is 0. The highest BCUT2D eigenvalue weighted by Gasteiger charge is 2.06. The number of nitrogens with zero attached hydrogens (tertiary/aromatic N) is 3. The molecule has 2 aromatic rings. The van der Waals surface area contributed by atoms with Gasteiger partial charge in [-0.05, 0) is 24.1 Å². The molecule has 0 heterocycles. The standard InChI is InChI=1S/C16H12N4/c1-12-6-2-3-7-14(12)15-8-4-5-9-16(15)20-19-13(10-17)11-18/h2-9,20H,1H3. The van der Waals surface area contributed by atoms with E-state index in [0.717, 1.165) is 22.4 Å². The van der Waals surface area contributed by atoms with Gasteiger partial charge in [0, 0.05) is 5.56 Å². The Morgan fingerprint density at radius 3 is 2.20 bits per heavy atom. The zero-order chi connectivity index (χ0) is 14.4. The van der Waals surface area contributed by atoms with Gasteiger partial charge in [0.1, 0.15) is 12.1 Å². The number of para-hydroxylation sites is 1. The van der Waals surface area contributed by atoms with E-state index in [9.17, 15) is 0 Å². The SMILES string of the molecule is Cc1ccccc1-c1ccccc1NN=C(C#N)C#N. The Bertz CT molecular complexity index is 717. The minimum atomic E-state index is -0.204. The molecule has 96 valence electrons. The van der Waals surface area contributed by atoms with E-state index in [0.29, 0.717) is 0 Å². The molecule has 0 aromatic heterocycles. The Kier molecular flexibility index (Phi) is 4.11. The van der Waals surface area contributed by atoms with Crippen molar-refractivity contribution in [3.05, 3.63) is 54.1 Å². The third-order valence-corrected chi connectivity index (χ3v) is 2.86. The second-order valence-electron chi connectivity index (χ2n) is 4.16. The van der Waals surface area contributed by atoms with Crippen molar-refractivity contribution in [3.63, 3.8) is 0 Å². The lowest BCUT2D eigenvalue weighted by molar-refractivity contribution is 1.33. The first-order valence-corrected chi connectivity index (χ1v) is 6.05. The van der Waals surface area contributed by atoms with Gasteiger partial charge < -0.3 is 0 Å². The maximum absolute atomic E-state index is 8.69. The zero-order valence-corrected chi connectivity index (χ0v) is 11.0. The van der Waals surface area contributed by atoms with E-state index in [1.54, 1.807) is 12.1 Å². The highest BCUT2D eigenvalue weighted by molar-refractivity contribution is 6.10. The van der Waals surface area contributed by atoms with Crippen molar-refractivity contribution in [2.24, 2.45) is 5.10 Å². The fourth-order valence-corrected chi connectivity index (χ4v) is 1.88. The minimum Gasteiger partial charge on any atom is -0.276 e. The number of aryl methyl sites for hydroxylation is 1. The third kappa shape index (κ3) is 2.82. The van der Waals surface area contributed by atoms with Crippen molar-refractivity contribution >= 4 is 11.4 Å². The molecule has 0 amide bonds. The molecule has 0 saturated carbocycles. The van der Waals surface area contributed by atoms with E-state index in [2.05, 4.69) is 10.5 Å². The fraction of sp³-hybridized carbons (Fsp3) is 0.0625. The molecule has 0 fully saturated rings. The number of hydrogen-bond acceptors (Lipinski definition) is 4. The summed E-state index contributed by atoms with van der Waals surface area (Å²) >= 11 is 0. The van der Waals surface area contributed by atoms with Gasteiger partial charge >= 0.3 is 0 Å². The molecule has 4 heteroatoms. The maximum Gasteiger partial charge on any atom is 0.237 e. The van der Waals surface area contributed by atoms with Gasteiger partial charge in [0.25, 0.3) is 0 Å². The largest absolute Gasteiger partial charge is 0.276 e. The van der Waals surface area contributed by atoms with Gasteiger partial charge in [-0.2, -0.15) is 15.6 Å². The molecule has 0 saturated heterocycles. The Morgan fingerprint density at radius 1 is 0.950 bits per heavy atom. The van der Waals surface area contributed by atoms with Gasteiger partial charge in [0.05, 0.1) is 5.69 Å². The van der Waals surface area contributed by atoms with Crippen LogP contribution in [0.2, 0.25) is 0 Å². The monoisotopic (exact) mass is 260 g/mol. The average Bonchev–Trinajstić information content (AvgIpc) is 2.49. The number of hydrazone groups is 1. The molecule has 0 unspecified atom stereocenters. The first-order valence-electron chi connectivity index (χ1n) is 6.05. The number of nitrogens with one attached hydrogen (secondary N) is 1. The van der Waals surface area contributed by atoms with Gasteiger partial charge in [-0.15, -0.1) is 0 Å². The van der Waals surface area contributed by atoms with Crippen LogP contribution in [0.1, 0.15) is 5.56 Å². The summed E-state index contributed by atoms with van der Waals surface area (Å²) in [5, 5.41) is 21.2. The molecular formula is C16H12N4. The van der Waals surface area contributed by atoms with E-state index in [4.69, 9.17) is 10.5 Å². The number of nitriles is 2.